The fourth-order valence-electron chi connectivity index (χ4n) is 1.75. The van der Waals surface area contributed by atoms with Crippen LogP contribution in [0, 0.1) is 10.1 Å². The monoisotopic (exact) mass is 266 g/mol. The number of nitrogens with zero attached hydrogens (tertiary/aromatic N) is 1. The van der Waals surface area contributed by atoms with Gasteiger partial charge in [0.15, 0.2) is 0 Å². The fraction of sp³-hybridized carbons (Fsp3) is 0.417. The number of carbonyl (C=O) groups is 1. The van der Waals surface area contributed by atoms with E-state index in [4.69, 9.17) is 4.74 Å². The molecule has 0 aliphatic carbocycles. The van der Waals surface area contributed by atoms with Crippen molar-refractivity contribution in [1.29, 1.82) is 0 Å². The van der Waals surface area contributed by atoms with Gasteiger partial charge in [-0.1, -0.05) is 0 Å². The number of carbonyl (C=O) groups excluding carboxylic acids is 1. The zero-order valence-corrected chi connectivity index (χ0v) is 10.4. The van der Waals surface area contributed by atoms with E-state index in [1.54, 1.807) is 0 Å². The molecule has 1 fully saturated rings. The maximum absolute atomic E-state index is 11.4. The second-order valence-electron chi connectivity index (χ2n) is 4.14. The third kappa shape index (κ3) is 3.00. The molecule has 102 valence electrons. The number of nitro groups is 1. The standard InChI is InChI=1S/C12H14N2O5/c1-18-12(15)8-2-3-11(14(16)17)10(6-8)13-7-9-4-5-19-9/h2-3,6,9,13H,4-5,7H2,1H3. The van der Waals surface area contributed by atoms with Gasteiger partial charge in [-0.2, -0.15) is 0 Å². The molecule has 1 heterocycles. The molecule has 0 saturated carbocycles. The van der Waals surface area contributed by atoms with Gasteiger partial charge in [-0.3, -0.25) is 10.1 Å². The molecule has 0 amide bonds. The summed E-state index contributed by atoms with van der Waals surface area (Å²) in [6, 6.07) is 4.08. The van der Waals surface area contributed by atoms with Crippen molar-refractivity contribution in [2.45, 2.75) is 12.5 Å². The van der Waals surface area contributed by atoms with Gasteiger partial charge in [-0.05, 0) is 18.6 Å². The summed E-state index contributed by atoms with van der Waals surface area (Å²) in [4.78, 5) is 21.8. The van der Waals surface area contributed by atoms with E-state index in [9.17, 15) is 14.9 Å². The summed E-state index contributed by atoms with van der Waals surface area (Å²) >= 11 is 0. The summed E-state index contributed by atoms with van der Waals surface area (Å²) in [6.45, 7) is 1.20. The molecule has 1 unspecified atom stereocenters. The third-order valence-corrected chi connectivity index (χ3v) is 2.93. The van der Waals surface area contributed by atoms with E-state index in [0.29, 0.717) is 12.2 Å². The van der Waals surface area contributed by atoms with Crippen LogP contribution >= 0.6 is 0 Å². The molecule has 1 aromatic rings. The van der Waals surface area contributed by atoms with Crippen LogP contribution in [0.1, 0.15) is 16.8 Å². The summed E-state index contributed by atoms with van der Waals surface area (Å²) in [5.74, 6) is -0.530. The first-order chi connectivity index (χ1) is 9.11. The van der Waals surface area contributed by atoms with Gasteiger partial charge >= 0.3 is 5.97 Å². The van der Waals surface area contributed by atoms with Crippen LogP contribution in [0.15, 0.2) is 18.2 Å². The molecule has 1 aliphatic rings. The van der Waals surface area contributed by atoms with Crippen molar-refractivity contribution in [1.82, 2.24) is 0 Å². The zero-order chi connectivity index (χ0) is 13.8. The van der Waals surface area contributed by atoms with Crippen LogP contribution in [-0.2, 0) is 9.47 Å². The van der Waals surface area contributed by atoms with Crippen molar-refractivity contribution in [2.75, 3.05) is 25.6 Å². The molecule has 1 atom stereocenters. The predicted molar refractivity (Wildman–Crippen MR) is 67.3 cm³/mol. The number of ether oxygens (including phenoxy) is 2. The third-order valence-electron chi connectivity index (χ3n) is 2.93. The topological polar surface area (TPSA) is 90.7 Å². The molecule has 7 heteroatoms. The van der Waals surface area contributed by atoms with Crippen LogP contribution in [0.2, 0.25) is 0 Å². The van der Waals surface area contributed by atoms with Crippen LogP contribution in [-0.4, -0.2) is 37.3 Å². The highest BCUT2D eigenvalue weighted by Crippen LogP contribution is 2.26. The minimum absolute atomic E-state index is 0.0707. The molecular weight excluding hydrogens is 252 g/mol. The van der Waals surface area contributed by atoms with Gasteiger partial charge in [-0.15, -0.1) is 0 Å². The number of hydrogen-bond acceptors (Lipinski definition) is 6. The zero-order valence-electron chi connectivity index (χ0n) is 10.4. The molecule has 0 aromatic heterocycles. The minimum Gasteiger partial charge on any atom is -0.465 e. The van der Waals surface area contributed by atoms with E-state index < -0.39 is 10.9 Å². The van der Waals surface area contributed by atoms with Crippen LogP contribution in [0.4, 0.5) is 11.4 Å². The molecule has 2 rings (SSSR count). The lowest BCUT2D eigenvalue weighted by Crippen LogP contribution is -2.33. The number of nitro benzene ring substituents is 1. The number of esters is 1. The molecule has 7 nitrogen and oxygen atoms in total. The Labute approximate surface area is 109 Å². The lowest BCUT2D eigenvalue weighted by Gasteiger charge is -2.26. The number of nitrogens with one attached hydrogen (secondary N) is 1. The number of benzene rings is 1. The Morgan fingerprint density at radius 1 is 1.63 bits per heavy atom. The molecule has 1 saturated heterocycles. The average molecular weight is 266 g/mol. The lowest BCUT2D eigenvalue weighted by atomic mass is 10.1. The highest BCUT2D eigenvalue weighted by molar-refractivity contribution is 5.91. The normalized spacial score (nSPS) is 17.4. The Kier molecular flexibility index (Phi) is 3.96. The van der Waals surface area contributed by atoms with Gasteiger partial charge in [-0.25, -0.2) is 4.79 Å². The SMILES string of the molecule is COC(=O)c1ccc([N+](=O)[O-])c(NCC2CCO2)c1. The highest BCUT2D eigenvalue weighted by Gasteiger charge is 2.21. The molecule has 19 heavy (non-hydrogen) atoms. The molecule has 0 spiro atoms. The van der Waals surface area contributed by atoms with Crippen LogP contribution in [0.5, 0.6) is 0 Å². The Bertz CT molecular complexity index is 499. The molecular formula is C12H14N2O5. The smallest absolute Gasteiger partial charge is 0.337 e. The number of anilines is 1. The van der Waals surface area contributed by atoms with E-state index in [1.165, 1.54) is 25.3 Å². The quantitative estimate of drug-likeness (QED) is 0.494. The van der Waals surface area contributed by atoms with Crippen LogP contribution in [0.3, 0.4) is 0 Å². The van der Waals surface area contributed by atoms with E-state index in [1.807, 2.05) is 0 Å². The maximum atomic E-state index is 11.4. The molecule has 1 aromatic carbocycles. The van der Waals surface area contributed by atoms with Crippen molar-refractivity contribution >= 4 is 17.3 Å². The maximum Gasteiger partial charge on any atom is 0.337 e. The number of rotatable bonds is 5. The van der Waals surface area contributed by atoms with Crippen molar-refractivity contribution < 1.29 is 19.2 Å². The van der Waals surface area contributed by atoms with E-state index in [0.717, 1.165) is 13.0 Å². The second-order valence-corrected chi connectivity index (χ2v) is 4.14. The van der Waals surface area contributed by atoms with Crippen LogP contribution in [0.25, 0.3) is 0 Å². The van der Waals surface area contributed by atoms with Crippen molar-refractivity contribution in [2.24, 2.45) is 0 Å². The predicted octanol–water partition coefficient (Wildman–Crippen LogP) is 1.58. The molecule has 1 aliphatic heterocycles. The summed E-state index contributed by atoms with van der Waals surface area (Å²) < 4.78 is 9.82. The molecule has 0 bridgehead atoms. The first kappa shape index (κ1) is 13.3. The number of methoxy groups -OCH3 is 1. The Balaban J connectivity index is 2.19. The first-order valence-electron chi connectivity index (χ1n) is 5.84. The van der Waals surface area contributed by atoms with E-state index in [2.05, 4.69) is 10.1 Å². The van der Waals surface area contributed by atoms with Gasteiger partial charge in [0.2, 0.25) is 0 Å². The highest BCUT2D eigenvalue weighted by atomic mass is 16.6. The first-order valence-corrected chi connectivity index (χ1v) is 5.84. The van der Waals surface area contributed by atoms with Gasteiger partial charge in [0, 0.05) is 19.2 Å². The Hall–Kier alpha value is -2.15. The van der Waals surface area contributed by atoms with Crippen molar-refractivity contribution in [3.8, 4) is 0 Å². The Morgan fingerprint density at radius 2 is 2.37 bits per heavy atom. The van der Waals surface area contributed by atoms with Gasteiger partial charge in [0.25, 0.3) is 5.69 Å². The average Bonchev–Trinajstić information content (AvgIpc) is 2.35. The van der Waals surface area contributed by atoms with Gasteiger partial charge < -0.3 is 14.8 Å². The summed E-state index contributed by atoms with van der Waals surface area (Å²) in [7, 11) is 1.26. The summed E-state index contributed by atoms with van der Waals surface area (Å²) in [5, 5.41) is 13.9. The molecule has 1 N–H and O–H groups in total. The number of hydrogen-bond donors (Lipinski definition) is 1. The molecule has 0 radical (unpaired) electrons. The van der Waals surface area contributed by atoms with E-state index in [-0.39, 0.29) is 17.4 Å². The van der Waals surface area contributed by atoms with Gasteiger partial charge in [0.1, 0.15) is 5.69 Å². The Morgan fingerprint density at radius 3 is 2.89 bits per heavy atom. The largest absolute Gasteiger partial charge is 0.465 e. The summed E-state index contributed by atoms with van der Waals surface area (Å²) in [6.07, 6.45) is 0.999. The van der Waals surface area contributed by atoms with Gasteiger partial charge in [0.05, 0.1) is 23.7 Å². The summed E-state index contributed by atoms with van der Waals surface area (Å²) in [5.41, 5.74) is 0.487. The van der Waals surface area contributed by atoms with Crippen molar-refractivity contribution in [3.05, 3.63) is 33.9 Å². The second kappa shape index (κ2) is 5.66. The minimum atomic E-state index is -0.530. The fourth-order valence-corrected chi connectivity index (χ4v) is 1.75. The van der Waals surface area contributed by atoms with Crippen molar-refractivity contribution in [3.63, 3.8) is 0 Å². The van der Waals surface area contributed by atoms with Crippen LogP contribution < -0.4 is 5.32 Å². The van der Waals surface area contributed by atoms with E-state index >= 15 is 0 Å². The lowest BCUT2D eigenvalue weighted by molar-refractivity contribution is -0.384.